The first-order chi connectivity index (χ1) is 7.47. The molecule has 0 rings (SSSR count). The second kappa shape index (κ2) is 14.1. The summed E-state index contributed by atoms with van der Waals surface area (Å²) < 4.78 is 0. The van der Waals surface area contributed by atoms with Gasteiger partial charge >= 0.3 is 65.3 Å². The Hall–Kier alpha value is 1.06. The summed E-state index contributed by atoms with van der Waals surface area (Å²) in [6.07, 6.45) is 0. The first-order valence-corrected chi connectivity index (χ1v) is 11.4. The average molecular weight is 256 g/mol. The smallest absolute Gasteiger partial charge is 0.261 e. The molecule has 0 aliphatic carbocycles. The van der Waals surface area contributed by atoms with Crippen molar-refractivity contribution in [3.05, 3.63) is 0 Å². The SMILES string of the molecule is CC(C)[CH2][Al+][CH2]C(C)C.C[CH2][Al]([CH2]C)[CH2]C.[H-]. The van der Waals surface area contributed by atoms with Gasteiger partial charge in [0.15, 0.2) is 0 Å². The summed E-state index contributed by atoms with van der Waals surface area (Å²) in [5.41, 5.74) is 0. The Bertz CT molecular complexity index is 110. The van der Waals surface area contributed by atoms with E-state index >= 15 is 0 Å². The Labute approximate surface area is 117 Å². The third-order valence-corrected chi connectivity index (χ3v) is 9.02. The Balaban J connectivity index is -0.000000224. The molecule has 0 spiro atoms. The molecular formula is C14H34Al2. The average Bonchev–Trinajstić information content (AvgIpc) is 2.20. The largest absolute Gasteiger partial charge is 1.00 e. The van der Waals surface area contributed by atoms with E-state index in [1.54, 1.807) is 0 Å². The van der Waals surface area contributed by atoms with Crippen molar-refractivity contribution in [3.63, 3.8) is 0 Å². The summed E-state index contributed by atoms with van der Waals surface area (Å²) in [5, 5.41) is 7.45. The normalized spacial score (nSPS) is 9.81. The van der Waals surface area contributed by atoms with E-state index < -0.39 is 0 Å². The van der Waals surface area contributed by atoms with Gasteiger partial charge in [-0.3, -0.25) is 0 Å². The second-order valence-electron chi connectivity index (χ2n) is 5.64. The van der Waals surface area contributed by atoms with E-state index in [0.717, 1.165) is 27.1 Å². The van der Waals surface area contributed by atoms with Gasteiger partial charge in [0, 0.05) is 0 Å². The predicted molar refractivity (Wildman–Crippen MR) is 83.4 cm³/mol. The molecule has 2 heteroatoms. The molecule has 0 unspecified atom stereocenters. The van der Waals surface area contributed by atoms with E-state index in [9.17, 15) is 0 Å². The molecule has 0 atom stereocenters. The summed E-state index contributed by atoms with van der Waals surface area (Å²) in [6, 6.07) is 0. The molecule has 96 valence electrons. The van der Waals surface area contributed by atoms with Gasteiger partial charge < -0.3 is 1.43 Å². The molecule has 16 heavy (non-hydrogen) atoms. The molecule has 0 aromatic rings. The minimum absolute atomic E-state index is 0. The Morgan fingerprint density at radius 3 is 1.25 bits per heavy atom. The fourth-order valence-electron chi connectivity index (χ4n) is 1.63. The number of rotatable bonds is 7. The van der Waals surface area contributed by atoms with Crippen LogP contribution in [0.1, 0.15) is 49.9 Å². The van der Waals surface area contributed by atoms with Gasteiger partial charge in [-0.25, -0.2) is 0 Å². The maximum atomic E-state index is 2.32. The van der Waals surface area contributed by atoms with Crippen LogP contribution in [0.4, 0.5) is 0 Å². The fraction of sp³-hybridized carbons (Fsp3) is 1.00. The van der Waals surface area contributed by atoms with Crippen LogP contribution < -0.4 is 0 Å². The first-order valence-electron chi connectivity index (χ1n) is 7.29. The van der Waals surface area contributed by atoms with Gasteiger partial charge in [0.05, 0.1) is 0 Å². The zero-order chi connectivity index (χ0) is 13.0. The van der Waals surface area contributed by atoms with Crippen LogP contribution in [0.3, 0.4) is 0 Å². The van der Waals surface area contributed by atoms with E-state index in [1.807, 2.05) is 0 Å². The van der Waals surface area contributed by atoms with E-state index in [-0.39, 0.29) is 15.6 Å². The summed E-state index contributed by atoms with van der Waals surface area (Å²) in [6.45, 7) is 16.2. The molecule has 0 saturated carbocycles. The quantitative estimate of drug-likeness (QED) is 0.528. The summed E-state index contributed by atoms with van der Waals surface area (Å²) in [5.74, 6) is 1.86. The van der Waals surface area contributed by atoms with Crippen LogP contribution in [0.15, 0.2) is 0 Å². The van der Waals surface area contributed by atoms with Crippen LogP contribution in [-0.4, -0.2) is 29.4 Å². The van der Waals surface area contributed by atoms with Gasteiger partial charge in [-0.05, 0) is 0 Å². The van der Waals surface area contributed by atoms with Gasteiger partial charge in [0.2, 0.25) is 0 Å². The molecular weight excluding hydrogens is 222 g/mol. The number of hydrogen-bond donors (Lipinski definition) is 0. The van der Waals surface area contributed by atoms with Gasteiger partial charge in [-0.2, -0.15) is 0 Å². The Morgan fingerprint density at radius 2 is 1.12 bits per heavy atom. The van der Waals surface area contributed by atoms with Crippen LogP contribution in [0.25, 0.3) is 0 Å². The molecule has 0 fully saturated rings. The van der Waals surface area contributed by atoms with E-state index in [2.05, 4.69) is 48.5 Å². The van der Waals surface area contributed by atoms with Crippen LogP contribution >= 0.6 is 0 Å². The van der Waals surface area contributed by atoms with E-state index in [0.29, 0.717) is 0 Å². The fourth-order valence-corrected chi connectivity index (χ4v) is 4.89. The zero-order valence-corrected chi connectivity index (χ0v) is 15.2. The molecule has 0 nitrogen and oxygen atoms in total. The van der Waals surface area contributed by atoms with Crippen LogP contribution in [0.2, 0.25) is 26.4 Å². The van der Waals surface area contributed by atoms with Crippen LogP contribution in [0, 0.1) is 11.8 Å². The predicted octanol–water partition coefficient (Wildman–Crippen LogP) is 5.49. The van der Waals surface area contributed by atoms with Crippen molar-refractivity contribution in [2.45, 2.75) is 74.9 Å². The third-order valence-electron chi connectivity index (χ3n) is 3.01. The van der Waals surface area contributed by atoms with Gasteiger partial charge in [-0.15, -0.1) is 0 Å². The van der Waals surface area contributed by atoms with Crippen molar-refractivity contribution in [2.75, 3.05) is 0 Å². The second-order valence-corrected chi connectivity index (χ2v) is 11.3. The Morgan fingerprint density at radius 1 is 0.812 bits per heavy atom. The van der Waals surface area contributed by atoms with Crippen molar-refractivity contribution < 1.29 is 1.43 Å². The molecule has 0 radical (unpaired) electrons. The van der Waals surface area contributed by atoms with Crippen molar-refractivity contribution in [3.8, 4) is 0 Å². The van der Waals surface area contributed by atoms with E-state index in [4.69, 9.17) is 0 Å². The van der Waals surface area contributed by atoms with Crippen molar-refractivity contribution in [1.82, 2.24) is 0 Å². The van der Waals surface area contributed by atoms with Crippen LogP contribution in [0.5, 0.6) is 0 Å². The molecule has 0 aromatic heterocycles. The molecule has 0 N–H and O–H groups in total. The number of hydrogen-bond acceptors (Lipinski definition) is 0. The minimum atomic E-state index is -0.171. The molecule has 0 aromatic carbocycles. The molecule has 0 amide bonds. The molecule has 0 saturated heterocycles. The van der Waals surface area contributed by atoms with Crippen molar-refractivity contribution in [2.24, 2.45) is 11.8 Å². The zero-order valence-electron chi connectivity index (χ0n) is 13.8. The van der Waals surface area contributed by atoms with Gasteiger partial charge in [0.25, 0.3) is 14.1 Å². The minimum Gasteiger partial charge on any atom is -1.00 e. The standard InChI is InChI=1S/2C4H9.3C2H5.2Al.H/c2*1-4(2)3;3*1-2;;;/h2*4H,1H2,2-3H3;3*1H2,2H3;;;/q;;;;;;+1;-1. The molecule has 0 aliphatic heterocycles. The maximum absolute atomic E-state index is 2.32. The third kappa shape index (κ3) is 17.5. The summed E-state index contributed by atoms with van der Waals surface area (Å²) >= 11 is 0.583. The first kappa shape index (κ1) is 19.4. The Kier molecular flexibility index (Phi) is 17.1. The monoisotopic (exact) mass is 256 g/mol. The van der Waals surface area contributed by atoms with E-state index in [1.165, 1.54) is 26.4 Å². The topological polar surface area (TPSA) is 0 Å². The van der Waals surface area contributed by atoms with Crippen LogP contribution in [-0.2, 0) is 0 Å². The molecule has 0 bridgehead atoms. The van der Waals surface area contributed by atoms with Crippen molar-refractivity contribution in [1.29, 1.82) is 0 Å². The van der Waals surface area contributed by atoms with Gasteiger partial charge in [-0.1, -0.05) is 36.6 Å². The summed E-state index contributed by atoms with van der Waals surface area (Å²) in [7, 11) is 0. The summed E-state index contributed by atoms with van der Waals surface area (Å²) in [4.78, 5) is 0. The maximum Gasteiger partial charge on any atom is 0.261 e. The van der Waals surface area contributed by atoms with Gasteiger partial charge in [0.1, 0.15) is 0 Å². The molecule has 0 aliphatic rings. The van der Waals surface area contributed by atoms with Crippen molar-refractivity contribution >= 4 is 29.4 Å². The molecule has 0 heterocycles.